The fourth-order valence-corrected chi connectivity index (χ4v) is 14.2. The third-order valence-electron chi connectivity index (χ3n) is 22.9. The van der Waals surface area contributed by atoms with Gasteiger partial charge in [-0.25, -0.2) is 19.2 Å². The quantitative estimate of drug-likeness (QED) is 0.00889. The molecule has 0 aliphatic rings. The molecule has 0 spiro atoms. The molecule has 0 aliphatic heterocycles. The average Bonchev–Trinajstić information content (AvgIpc) is 1.61. The van der Waals surface area contributed by atoms with Crippen LogP contribution in [0.4, 0.5) is 19.2 Å². The molecule has 0 radical (unpaired) electrons. The van der Waals surface area contributed by atoms with E-state index in [0.717, 1.165) is 93.0 Å². The van der Waals surface area contributed by atoms with E-state index in [-0.39, 0.29) is 59.4 Å². The zero-order chi connectivity index (χ0) is 104. The monoisotopic (exact) mass is 1920 g/mol. The Bertz CT molecular complexity index is 5690. The molecule has 4 heterocycles. The van der Waals surface area contributed by atoms with E-state index in [1.165, 1.54) is 0 Å². The van der Waals surface area contributed by atoms with Gasteiger partial charge in [0.05, 0.1) is 41.9 Å². The van der Waals surface area contributed by atoms with Crippen molar-refractivity contribution in [2.45, 2.75) is 340 Å². The van der Waals surface area contributed by atoms with Crippen LogP contribution in [-0.4, -0.2) is 121 Å². The van der Waals surface area contributed by atoms with Crippen LogP contribution in [0.3, 0.4) is 0 Å². The largest absolute Gasteiger partial charge is 0.511 e. The number of hydrogen-bond donors (Lipinski definition) is 0. The number of aromatic nitrogens is 8. The van der Waals surface area contributed by atoms with Crippen molar-refractivity contribution < 1.29 is 76.0 Å². The molecule has 6 atom stereocenters. The van der Waals surface area contributed by atoms with Crippen molar-refractivity contribution in [3.63, 3.8) is 0 Å². The van der Waals surface area contributed by atoms with Gasteiger partial charge in [0.2, 0.25) is 25.2 Å². The van der Waals surface area contributed by atoms with Crippen LogP contribution < -0.4 is 0 Å². The van der Waals surface area contributed by atoms with Gasteiger partial charge in [0, 0.05) is 76.1 Å². The summed E-state index contributed by atoms with van der Waals surface area (Å²) in [4.78, 5) is 48.5. The summed E-state index contributed by atoms with van der Waals surface area (Å²) in [5.41, 5.74) is 18.3. The van der Waals surface area contributed by atoms with E-state index >= 15 is 0 Å². The first kappa shape index (κ1) is 116. The molecule has 6 unspecified atom stereocenters. The predicted octanol–water partition coefficient (Wildman–Crippen LogP) is 26.4. The molecule has 0 fully saturated rings. The lowest BCUT2D eigenvalue weighted by Gasteiger charge is -2.22. The Kier molecular flexibility index (Phi) is 44.6. The zero-order valence-electron chi connectivity index (χ0n) is 88.0. The molecule has 8 aromatic rings. The summed E-state index contributed by atoms with van der Waals surface area (Å²) in [7, 11) is 0. The van der Waals surface area contributed by atoms with Gasteiger partial charge in [-0.05, 0) is 181 Å². The number of halogens is 1. The first-order valence-corrected chi connectivity index (χ1v) is 48.1. The van der Waals surface area contributed by atoms with Gasteiger partial charge in [-0.2, -0.15) is 41.4 Å². The summed E-state index contributed by atoms with van der Waals surface area (Å²) >= 11 is 5.55. The minimum Gasteiger partial charge on any atom is -0.451 e. The maximum Gasteiger partial charge on any atom is 0.511 e. The Balaban J connectivity index is 0.000000325. The molecule has 4 aromatic heterocycles. The van der Waals surface area contributed by atoms with Crippen LogP contribution in [0, 0.1) is 113 Å². The minimum atomic E-state index is -1.01. The topological polar surface area (TPSA) is 345 Å². The third-order valence-corrected chi connectivity index (χ3v) is 23.0. The van der Waals surface area contributed by atoms with E-state index in [2.05, 4.69) is 142 Å². The minimum absolute atomic E-state index is 0.0127. The Morgan fingerprint density at radius 2 is 0.580 bits per heavy atom. The standard InChI is InChI=1S/3C28H39N3O4.C25H32ClN3O4/c1-10-31-25(19(4)20(5)30-31)26(34-21(6)35-27(32)33-16-15-18(2)3)24(17-29)22-11-13-23(14-12-22)28(7,8)9;1-10-18(3)17-33-27(32)35-21(6)34-26(25-19(4)20(5)30-31(25)11-2)24(16-29)22-12-14-23(15-13-22)28(7,8)9;1-10-12-18(3)33-27(32)35-21(6)34-26(25-19(4)20(5)30-31(25)11-2)24(17-29)22-13-15-23(16-14-22)28(7,8)9;1-8-29-22(16(2)17(3)28-29)23(32-18(4)33-24(30)31-14-13-26)21(15-27)19-9-11-20(12-10-19)25(5,6)7/h11-14,18,21H,10,15-16H2,1-9H3;12-15,18,21H,10-11,17H2,1-9H3;13-16,18,21H,10-12H2,1-9H3;9-12,18H,8,13-14H2,1-7H3/b3*26-24-;23-21-. The van der Waals surface area contributed by atoms with Crippen molar-refractivity contribution in [3.8, 4) is 24.3 Å². The molecule has 28 nitrogen and oxygen atoms in total. The number of ether oxygens (including phenoxy) is 12. The Hall–Kier alpha value is -12.8. The number of benzene rings is 4. The lowest BCUT2D eigenvalue weighted by atomic mass is 9.86. The van der Waals surface area contributed by atoms with Gasteiger partial charge in [0.1, 0.15) is 82.1 Å². The molecule has 0 saturated heterocycles. The fraction of sp³-hybridized carbons (Fsp3) is 0.523. The van der Waals surface area contributed by atoms with Gasteiger partial charge >= 0.3 is 24.6 Å². The van der Waals surface area contributed by atoms with E-state index in [1.54, 1.807) is 46.4 Å². The molecule has 29 heteroatoms. The Morgan fingerprint density at radius 1 is 0.341 bits per heavy atom. The van der Waals surface area contributed by atoms with Crippen LogP contribution in [0.5, 0.6) is 0 Å². The number of nitrogens with zero attached hydrogens (tertiary/aromatic N) is 12. The maximum atomic E-state index is 12.3. The number of allylic oxidation sites excluding steroid dienone is 4. The van der Waals surface area contributed by atoms with E-state index in [9.17, 15) is 40.2 Å². The molecule has 0 amide bonds. The Morgan fingerprint density at radius 3 is 0.790 bits per heavy atom. The molecule has 0 bridgehead atoms. The molecule has 138 heavy (non-hydrogen) atoms. The second kappa shape index (κ2) is 53.2. The number of carbonyl (C=O) groups excluding carboxylic acids is 4. The van der Waals surface area contributed by atoms with Gasteiger partial charge in [-0.15, -0.1) is 11.6 Å². The normalized spacial score (nSPS) is 13.5. The highest BCUT2D eigenvalue weighted by Gasteiger charge is 2.33. The van der Waals surface area contributed by atoms with Crippen molar-refractivity contribution in [3.05, 3.63) is 209 Å². The summed E-state index contributed by atoms with van der Waals surface area (Å²) in [6, 6.07) is 40.7. The van der Waals surface area contributed by atoms with Crippen LogP contribution in [0.25, 0.3) is 45.3 Å². The number of carbonyl (C=O) groups is 4. The average molecular weight is 1920 g/mol. The van der Waals surface area contributed by atoms with Crippen LogP contribution in [0.15, 0.2) is 97.1 Å². The van der Waals surface area contributed by atoms with E-state index in [4.69, 9.17) is 68.4 Å². The van der Waals surface area contributed by atoms with Gasteiger partial charge < -0.3 is 56.8 Å². The molecule has 0 saturated carbocycles. The van der Waals surface area contributed by atoms with Gasteiger partial charge in [-0.1, -0.05) is 228 Å². The number of aryl methyl sites for hydroxylation is 8. The summed E-state index contributed by atoms with van der Waals surface area (Å²) in [6.45, 7) is 70.2. The van der Waals surface area contributed by atoms with Crippen LogP contribution >= 0.6 is 11.6 Å². The molecular formula is C109H149ClN12O16. The van der Waals surface area contributed by atoms with Gasteiger partial charge in [0.15, 0.2) is 23.0 Å². The highest BCUT2D eigenvalue weighted by atomic mass is 35.5. The first-order valence-electron chi connectivity index (χ1n) is 47.5. The molecular weight excluding hydrogens is 1770 g/mol. The molecule has 8 rings (SSSR count). The Labute approximate surface area is 824 Å². The van der Waals surface area contributed by atoms with Crippen LogP contribution in [0.1, 0.15) is 318 Å². The summed E-state index contributed by atoms with van der Waals surface area (Å²) < 4.78 is 73.5. The van der Waals surface area contributed by atoms with Gasteiger partial charge in [-0.3, -0.25) is 18.7 Å². The summed E-state index contributed by atoms with van der Waals surface area (Å²) in [5, 5.41) is 59.1. The van der Waals surface area contributed by atoms with E-state index < -0.39 is 49.8 Å². The second-order valence-corrected chi connectivity index (χ2v) is 38.8. The van der Waals surface area contributed by atoms with Crippen molar-refractivity contribution >= 4 is 81.6 Å². The maximum absolute atomic E-state index is 12.3. The SMILES string of the molecule is CCC(C)COC(=O)OC(C)O/C(=C(/C#N)c1ccc(C(C)(C)C)cc1)c1c(C)c(C)nn1CC.CCCC(C)OC(=O)OC(C)O/C(=C(/C#N)c1ccc(C(C)(C)C)cc1)c1c(C)c(C)nn1CC.CCn1nc(C)c(C)c1/C(OC(C)OC(=O)OCCC(C)C)=C(\C#N)c1ccc(C(C)(C)C)cc1.CCn1nc(C)c(C)c1/C(OC(C)OC(=O)OCCCl)=C(\C#N)c1ccc(C(C)(C)C)cc1. The molecule has 4 aromatic carbocycles. The van der Waals surface area contributed by atoms with Crippen LogP contribution in [-0.2, 0) is 105 Å². The zero-order valence-corrected chi connectivity index (χ0v) is 88.8. The van der Waals surface area contributed by atoms with Crippen LogP contribution in [0.2, 0.25) is 0 Å². The van der Waals surface area contributed by atoms with Crippen molar-refractivity contribution in [2.75, 3.05) is 25.7 Å². The summed E-state index contributed by atoms with van der Waals surface area (Å²) in [5.74, 6) is 2.05. The number of rotatable bonds is 35. The number of nitriles is 4. The van der Waals surface area contributed by atoms with E-state index in [0.29, 0.717) is 122 Å². The highest BCUT2D eigenvalue weighted by Crippen LogP contribution is 2.40. The van der Waals surface area contributed by atoms with Crippen molar-refractivity contribution in [2.24, 2.45) is 11.8 Å². The molecule has 0 N–H and O–H groups in total. The van der Waals surface area contributed by atoms with Gasteiger partial charge in [0.25, 0.3) is 0 Å². The smallest absolute Gasteiger partial charge is 0.451 e. The van der Waals surface area contributed by atoms with Crippen molar-refractivity contribution in [1.82, 2.24) is 39.1 Å². The summed E-state index contributed by atoms with van der Waals surface area (Å²) in [6.07, 6.45) is -4.24. The van der Waals surface area contributed by atoms with E-state index in [1.807, 2.05) is 208 Å². The number of hydrogen-bond acceptors (Lipinski definition) is 24. The lowest BCUT2D eigenvalue weighted by Crippen LogP contribution is -2.23. The predicted molar refractivity (Wildman–Crippen MR) is 541 cm³/mol. The molecule has 748 valence electrons. The molecule has 0 aliphatic carbocycles. The first-order chi connectivity index (χ1) is 64.8. The number of alkyl halides is 1. The van der Waals surface area contributed by atoms with Crippen molar-refractivity contribution in [1.29, 1.82) is 21.0 Å². The second-order valence-electron chi connectivity index (χ2n) is 38.4. The third kappa shape index (κ3) is 33.3. The lowest BCUT2D eigenvalue weighted by molar-refractivity contribution is -0.0761. The fourth-order valence-electron chi connectivity index (χ4n) is 14.1. The highest BCUT2D eigenvalue weighted by molar-refractivity contribution is 6.18.